The molecule has 12 unspecified atom stereocenters. The largest absolute Gasteiger partial charge is 0.394 e. The van der Waals surface area contributed by atoms with Gasteiger partial charge in [-0.2, -0.15) is 0 Å². The monoisotopic (exact) mass is 1010 g/mol. The van der Waals surface area contributed by atoms with Gasteiger partial charge in [0.15, 0.2) is 12.6 Å². The van der Waals surface area contributed by atoms with Crippen LogP contribution in [-0.4, -0.2) is 140 Å². The van der Waals surface area contributed by atoms with Crippen molar-refractivity contribution in [1.29, 1.82) is 0 Å². The molecule has 0 spiro atoms. The summed E-state index contributed by atoms with van der Waals surface area (Å²) in [7, 11) is 0. The third kappa shape index (κ3) is 29.6. The van der Waals surface area contributed by atoms with Crippen LogP contribution in [0.15, 0.2) is 48.6 Å². The summed E-state index contributed by atoms with van der Waals surface area (Å²) in [6, 6.07) is -0.919. The summed E-state index contributed by atoms with van der Waals surface area (Å²) in [5.74, 6) is -0.248. The molecular formula is C57H103NO13. The first-order valence-electron chi connectivity index (χ1n) is 28.4. The number of hydrogen-bond donors (Lipinski definition) is 9. The SMILES string of the molecule is CCCCCCC/C=C\C/C=C\C/C=C\CCCCCCCCCCC(=O)NC(COC1OC(CO)C(OC2OC(CO)C(O)C(O)C2O)C(O)C1O)C(O)/C=C/CCCCCCCCCCCCCC. The lowest BCUT2D eigenvalue weighted by Gasteiger charge is -2.46. The molecule has 2 fully saturated rings. The van der Waals surface area contributed by atoms with Crippen LogP contribution < -0.4 is 5.32 Å². The number of rotatable bonds is 44. The average Bonchev–Trinajstić information content (AvgIpc) is 3.37. The summed E-state index contributed by atoms with van der Waals surface area (Å²) in [4.78, 5) is 13.2. The smallest absolute Gasteiger partial charge is 0.220 e. The molecule has 71 heavy (non-hydrogen) atoms. The van der Waals surface area contributed by atoms with E-state index in [1.165, 1.54) is 128 Å². The maximum atomic E-state index is 13.2. The van der Waals surface area contributed by atoms with Gasteiger partial charge >= 0.3 is 0 Å². The molecule has 0 bridgehead atoms. The van der Waals surface area contributed by atoms with E-state index in [2.05, 4.69) is 55.6 Å². The number of nitrogens with one attached hydrogen (secondary N) is 1. The van der Waals surface area contributed by atoms with Gasteiger partial charge in [0, 0.05) is 6.42 Å². The summed E-state index contributed by atoms with van der Waals surface area (Å²) in [5.41, 5.74) is 0. The van der Waals surface area contributed by atoms with Crippen LogP contribution in [-0.2, 0) is 23.7 Å². The highest BCUT2D eigenvalue weighted by Crippen LogP contribution is 2.30. The van der Waals surface area contributed by atoms with Crippen molar-refractivity contribution in [3.63, 3.8) is 0 Å². The van der Waals surface area contributed by atoms with E-state index in [-0.39, 0.29) is 18.9 Å². The topological polar surface area (TPSA) is 228 Å². The quantitative estimate of drug-likeness (QED) is 0.0206. The van der Waals surface area contributed by atoms with Gasteiger partial charge in [-0.1, -0.05) is 197 Å². The number of unbranched alkanes of at least 4 members (excludes halogenated alkanes) is 25. The molecular weight excluding hydrogens is 907 g/mol. The molecule has 2 saturated heterocycles. The molecule has 0 aromatic carbocycles. The maximum Gasteiger partial charge on any atom is 0.220 e. The molecule has 0 saturated carbocycles. The lowest BCUT2D eigenvalue weighted by atomic mass is 9.97. The summed E-state index contributed by atoms with van der Waals surface area (Å²) >= 11 is 0. The van der Waals surface area contributed by atoms with E-state index in [0.717, 1.165) is 57.8 Å². The number of carbonyl (C=O) groups excluding carboxylic acids is 1. The molecule has 0 aromatic rings. The second kappa shape index (κ2) is 43.2. The first-order chi connectivity index (χ1) is 34.6. The van der Waals surface area contributed by atoms with Crippen molar-refractivity contribution in [2.24, 2.45) is 0 Å². The van der Waals surface area contributed by atoms with Crippen LogP contribution in [0, 0.1) is 0 Å². The number of allylic oxidation sites excluding steroid dienone is 7. The zero-order valence-corrected chi connectivity index (χ0v) is 44.2. The number of carbonyl (C=O) groups is 1. The molecule has 2 aliphatic rings. The first kappa shape index (κ1) is 65.1. The standard InChI is InChI=1S/C57H103NO13/c1-3-5-7-9-11-13-15-17-19-20-21-22-23-24-25-26-27-29-31-33-35-37-39-41-49(62)58-45(46(61)40-38-36-34-32-30-28-18-16-14-12-10-8-6-4-2)44-68-56-54(67)52(65)55(48(43-60)70-56)71-57-53(66)51(64)50(63)47(42-59)69-57/h15,17,20-21,23-24,38,40,45-48,50-57,59-61,63-67H,3-14,16,18-19,22,25-37,39,41-44H2,1-2H3,(H,58,62)/b17-15-,21-20-,24-23-,40-38+. The zero-order valence-electron chi connectivity index (χ0n) is 44.2. The minimum absolute atomic E-state index is 0.248. The molecule has 2 rings (SSSR count). The third-order valence-corrected chi connectivity index (χ3v) is 13.8. The molecule has 14 heteroatoms. The fourth-order valence-electron chi connectivity index (χ4n) is 9.12. The molecule has 2 heterocycles. The van der Waals surface area contributed by atoms with Crippen LogP contribution in [0.3, 0.4) is 0 Å². The van der Waals surface area contributed by atoms with E-state index in [1.807, 2.05) is 6.08 Å². The highest BCUT2D eigenvalue weighted by Gasteiger charge is 2.51. The van der Waals surface area contributed by atoms with Gasteiger partial charge in [-0.25, -0.2) is 0 Å². The van der Waals surface area contributed by atoms with Crippen LogP contribution in [0.25, 0.3) is 0 Å². The fraction of sp³-hybridized carbons (Fsp3) is 0.842. The Morgan fingerprint density at radius 1 is 0.507 bits per heavy atom. The van der Waals surface area contributed by atoms with E-state index >= 15 is 0 Å². The van der Waals surface area contributed by atoms with Crippen molar-refractivity contribution in [2.75, 3.05) is 19.8 Å². The summed E-state index contributed by atoms with van der Waals surface area (Å²) in [6.45, 7) is 2.77. The molecule has 14 nitrogen and oxygen atoms in total. The Morgan fingerprint density at radius 2 is 0.930 bits per heavy atom. The maximum absolute atomic E-state index is 13.2. The lowest BCUT2D eigenvalue weighted by molar-refractivity contribution is -0.359. The van der Waals surface area contributed by atoms with Crippen molar-refractivity contribution in [3.05, 3.63) is 48.6 Å². The van der Waals surface area contributed by atoms with Gasteiger partial charge in [-0.3, -0.25) is 4.79 Å². The number of ether oxygens (including phenoxy) is 4. The second-order valence-corrected chi connectivity index (χ2v) is 20.1. The van der Waals surface area contributed by atoms with E-state index in [4.69, 9.17) is 18.9 Å². The van der Waals surface area contributed by atoms with Gasteiger partial charge < -0.3 is 65.1 Å². The van der Waals surface area contributed by atoms with Crippen LogP contribution in [0.4, 0.5) is 0 Å². The number of hydrogen-bond acceptors (Lipinski definition) is 13. The van der Waals surface area contributed by atoms with Crippen molar-refractivity contribution in [1.82, 2.24) is 5.32 Å². The molecule has 414 valence electrons. The Bertz CT molecular complexity index is 1380. The van der Waals surface area contributed by atoms with E-state index in [0.29, 0.717) is 6.42 Å². The van der Waals surface area contributed by atoms with Gasteiger partial charge in [-0.15, -0.1) is 0 Å². The van der Waals surface area contributed by atoms with Crippen LogP contribution >= 0.6 is 0 Å². The Labute approximate surface area is 429 Å². The van der Waals surface area contributed by atoms with Crippen molar-refractivity contribution in [2.45, 2.75) is 286 Å². The molecule has 0 aliphatic carbocycles. The number of aliphatic hydroxyl groups excluding tert-OH is 8. The minimum Gasteiger partial charge on any atom is -0.394 e. The number of aliphatic hydroxyl groups is 8. The summed E-state index contributed by atoms with van der Waals surface area (Å²) in [5, 5.41) is 86.9. The van der Waals surface area contributed by atoms with Crippen LogP contribution in [0.5, 0.6) is 0 Å². The second-order valence-electron chi connectivity index (χ2n) is 20.1. The predicted molar refractivity (Wildman–Crippen MR) is 281 cm³/mol. The highest BCUT2D eigenvalue weighted by molar-refractivity contribution is 5.76. The van der Waals surface area contributed by atoms with E-state index < -0.39 is 86.8 Å². The van der Waals surface area contributed by atoms with E-state index in [1.54, 1.807) is 6.08 Å². The van der Waals surface area contributed by atoms with Gasteiger partial charge in [0.25, 0.3) is 0 Å². The molecule has 9 N–H and O–H groups in total. The zero-order chi connectivity index (χ0) is 51.7. The van der Waals surface area contributed by atoms with E-state index in [9.17, 15) is 45.6 Å². The molecule has 2 aliphatic heterocycles. The Morgan fingerprint density at radius 3 is 1.42 bits per heavy atom. The first-order valence-corrected chi connectivity index (χ1v) is 28.4. The van der Waals surface area contributed by atoms with Crippen molar-refractivity contribution in [3.8, 4) is 0 Å². The van der Waals surface area contributed by atoms with Gasteiger partial charge in [0.2, 0.25) is 5.91 Å². The molecule has 1 amide bonds. The Hall–Kier alpha value is -2.05. The average molecular weight is 1010 g/mol. The molecule has 0 aromatic heterocycles. The lowest BCUT2D eigenvalue weighted by Crippen LogP contribution is -2.65. The van der Waals surface area contributed by atoms with Crippen molar-refractivity contribution < 1.29 is 64.6 Å². The fourth-order valence-corrected chi connectivity index (χ4v) is 9.12. The Balaban J connectivity index is 1.78. The van der Waals surface area contributed by atoms with Gasteiger partial charge in [0.05, 0.1) is 32.0 Å². The normalized spacial score (nSPS) is 26.1. The molecule has 12 atom stereocenters. The molecule has 0 radical (unpaired) electrons. The van der Waals surface area contributed by atoms with Crippen LogP contribution in [0.2, 0.25) is 0 Å². The van der Waals surface area contributed by atoms with Gasteiger partial charge in [0.1, 0.15) is 48.8 Å². The van der Waals surface area contributed by atoms with Crippen molar-refractivity contribution >= 4 is 5.91 Å². The summed E-state index contributed by atoms with van der Waals surface area (Å²) < 4.78 is 22.7. The Kier molecular flexibility index (Phi) is 39.6. The van der Waals surface area contributed by atoms with Gasteiger partial charge in [-0.05, 0) is 57.8 Å². The minimum atomic E-state index is -1.79. The van der Waals surface area contributed by atoms with Crippen LogP contribution in [0.1, 0.15) is 213 Å². The third-order valence-electron chi connectivity index (χ3n) is 13.8. The summed E-state index contributed by atoms with van der Waals surface area (Å²) in [6.07, 6.45) is 35.7. The predicted octanol–water partition coefficient (Wildman–Crippen LogP) is 8.83. The number of amides is 1. The highest BCUT2D eigenvalue weighted by atomic mass is 16.7.